The molecule has 1 N–H and O–H groups in total. The smallest absolute Gasteiger partial charge is 0.253 e. The highest BCUT2D eigenvalue weighted by Crippen LogP contribution is 2.12. The van der Waals surface area contributed by atoms with Crippen LogP contribution in [0.4, 0.5) is 5.69 Å². The van der Waals surface area contributed by atoms with Crippen molar-refractivity contribution in [1.29, 1.82) is 0 Å². The molecule has 0 unspecified atom stereocenters. The summed E-state index contributed by atoms with van der Waals surface area (Å²) in [5.74, 6) is 0.0247. The highest BCUT2D eigenvalue weighted by Gasteiger charge is 2.07. The molecule has 2 aromatic rings. The van der Waals surface area contributed by atoms with E-state index in [1.807, 2.05) is 42.5 Å². The Bertz CT molecular complexity index is 564. The molecule has 2 rings (SSSR count). The van der Waals surface area contributed by atoms with E-state index in [4.69, 9.17) is 0 Å². The van der Waals surface area contributed by atoms with E-state index in [1.165, 1.54) is 5.56 Å². The van der Waals surface area contributed by atoms with Crippen LogP contribution in [0.3, 0.4) is 0 Å². The molecule has 0 heterocycles. The number of carbonyl (C=O) groups is 1. The van der Waals surface area contributed by atoms with Crippen molar-refractivity contribution in [2.45, 2.75) is 6.42 Å². The number of amides is 1. The van der Waals surface area contributed by atoms with Crippen LogP contribution in [0, 0.1) is 0 Å². The Labute approximate surface area is 120 Å². The third-order valence-corrected chi connectivity index (χ3v) is 3.10. The zero-order valence-corrected chi connectivity index (χ0v) is 12.0. The van der Waals surface area contributed by atoms with Crippen molar-refractivity contribution in [3.8, 4) is 0 Å². The Hall–Kier alpha value is -2.29. The molecule has 0 radical (unpaired) electrons. The quantitative estimate of drug-likeness (QED) is 0.904. The number of nitrogens with zero attached hydrogens (tertiary/aromatic N) is 1. The lowest BCUT2D eigenvalue weighted by atomic mass is 10.1. The Morgan fingerprint density at radius 1 is 1.05 bits per heavy atom. The second-order valence-electron chi connectivity index (χ2n) is 4.94. The molecule has 0 saturated heterocycles. The lowest BCUT2D eigenvalue weighted by Crippen LogP contribution is -2.21. The number of hydrogen-bond donors (Lipinski definition) is 1. The molecule has 0 aliphatic rings. The maximum Gasteiger partial charge on any atom is 0.253 e. The van der Waals surface area contributed by atoms with E-state index >= 15 is 0 Å². The lowest BCUT2D eigenvalue weighted by molar-refractivity contribution is 0.0827. The molecule has 3 nitrogen and oxygen atoms in total. The van der Waals surface area contributed by atoms with Gasteiger partial charge in [-0.2, -0.15) is 0 Å². The zero-order valence-electron chi connectivity index (χ0n) is 12.0. The van der Waals surface area contributed by atoms with Crippen molar-refractivity contribution >= 4 is 11.6 Å². The number of benzene rings is 2. The summed E-state index contributed by atoms with van der Waals surface area (Å²) in [5, 5.41) is 3.36. The summed E-state index contributed by atoms with van der Waals surface area (Å²) in [7, 11) is 3.52. The monoisotopic (exact) mass is 268 g/mol. The van der Waals surface area contributed by atoms with Crippen LogP contribution in [-0.2, 0) is 6.42 Å². The molecule has 0 fully saturated rings. The second kappa shape index (κ2) is 6.75. The predicted molar refractivity (Wildman–Crippen MR) is 83.1 cm³/mol. The van der Waals surface area contributed by atoms with E-state index in [2.05, 4.69) is 17.4 Å². The fourth-order valence-electron chi connectivity index (χ4n) is 2.02. The first-order chi connectivity index (χ1) is 9.66. The largest absolute Gasteiger partial charge is 0.385 e. The van der Waals surface area contributed by atoms with Crippen molar-refractivity contribution in [2.24, 2.45) is 0 Å². The summed E-state index contributed by atoms with van der Waals surface area (Å²) >= 11 is 0. The van der Waals surface area contributed by atoms with Gasteiger partial charge in [-0.05, 0) is 30.2 Å². The molecular weight excluding hydrogens is 248 g/mol. The summed E-state index contributed by atoms with van der Waals surface area (Å²) in [6, 6.07) is 18.0. The van der Waals surface area contributed by atoms with Gasteiger partial charge in [0, 0.05) is 31.9 Å². The van der Waals surface area contributed by atoms with Gasteiger partial charge in [-0.15, -0.1) is 0 Å². The molecule has 0 aromatic heterocycles. The molecule has 0 spiro atoms. The Kier molecular flexibility index (Phi) is 4.77. The first-order valence-corrected chi connectivity index (χ1v) is 6.76. The third kappa shape index (κ3) is 3.85. The molecule has 3 heteroatoms. The first kappa shape index (κ1) is 14.1. The van der Waals surface area contributed by atoms with Crippen LogP contribution in [0.5, 0.6) is 0 Å². The van der Waals surface area contributed by atoms with Crippen LogP contribution in [-0.4, -0.2) is 31.4 Å². The van der Waals surface area contributed by atoms with E-state index in [0.29, 0.717) is 5.56 Å². The predicted octanol–water partition coefficient (Wildman–Crippen LogP) is 3.04. The van der Waals surface area contributed by atoms with Gasteiger partial charge in [-0.3, -0.25) is 4.79 Å². The fourth-order valence-corrected chi connectivity index (χ4v) is 2.02. The average molecular weight is 268 g/mol. The van der Waals surface area contributed by atoms with E-state index in [1.54, 1.807) is 19.0 Å². The van der Waals surface area contributed by atoms with Crippen LogP contribution in [0.2, 0.25) is 0 Å². The molecular formula is C17H20N2O. The van der Waals surface area contributed by atoms with E-state index in [9.17, 15) is 4.79 Å². The highest BCUT2D eigenvalue weighted by atomic mass is 16.2. The maximum atomic E-state index is 11.9. The number of nitrogens with one attached hydrogen (secondary N) is 1. The Balaban J connectivity index is 1.93. The van der Waals surface area contributed by atoms with Gasteiger partial charge in [-0.25, -0.2) is 0 Å². The molecule has 0 saturated carbocycles. The average Bonchev–Trinajstić information content (AvgIpc) is 2.48. The molecule has 0 atom stereocenters. The van der Waals surface area contributed by atoms with Crippen LogP contribution in [0.1, 0.15) is 15.9 Å². The van der Waals surface area contributed by atoms with E-state index < -0.39 is 0 Å². The summed E-state index contributed by atoms with van der Waals surface area (Å²) in [6.07, 6.45) is 0.965. The number of rotatable bonds is 5. The Morgan fingerprint density at radius 3 is 2.50 bits per heavy atom. The summed E-state index contributed by atoms with van der Waals surface area (Å²) < 4.78 is 0. The van der Waals surface area contributed by atoms with Gasteiger partial charge in [0.25, 0.3) is 5.91 Å². The SMILES string of the molecule is CN(C)C(=O)c1cccc(NCCc2ccccc2)c1. The fraction of sp³-hybridized carbons (Fsp3) is 0.235. The zero-order chi connectivity index (χ0) is 14.4. The van der Waals surface area contributed by atoms with Crippen LogP contribution in [0.25, 0.3) is 0 Å². The molecule has 0 aliphatic carbocycles. The van der Waals surface area contributed by atoms with E-state index in [0.717, 1.165) is 18.7 Å². The maximum absolute atomic E-state index is 11.9. The number of anilines is 1. The van der Waals surface area contributed by atoms with Gasteiger partial charge in [0.1, 0.15) is 0 Å². The van der Waals surface area contributed by atoms with E-state index in [-0.39, 0.29) is 5.91 Å². The minimum atomic E-state index is 0.0247. The van der Waals surface area contributed by atoms with Gasteiger partial charge in [-0.1, -0.05) is 36.4 Å². The minimum Gasteiger partial charge on any atom is -0.385 e. The molecule has 1 amide bonds. The van der Waals surface area contributed by atoms with Crippen LogP contribution in [0.15, 0.2) is 54.6 Å². The van der Waals surface area contributed by atoms with Gasteiger partial charge in [0.2, 0.25) is 0 Å². The van der Waals surface area contributed by atoms with Crippen molar-refractivity contribution in [1.82, 2.24) is 4.90 Å². The molecule has 2 aromatic carbocycles. The van der Waals surface area contributed by atoms with Crippen molar-refractivity contribution in [2.75, 3.05) is 26.0 Å². The van der Waals surface area contributed by atoms with Gasteiger partial charge in [0.15, 0.2) is 0 Å². The van der Waals surface area contributed by atoms with Crippen molar-refractivity contribution in [3.63, 3.8) is 0 Å². The van der Waals surface area contributed by atoms with Crippen LogP contribution < -0.4 is 5.32 Å². The lowest BCUT2D eigenvalue weighted by Gasteiger charge is -2.12. The molecule has 0 bridgehead atoms. The summed E-state index contributed by atoms with van der Waals surface area (Å²) in [4.78, 5) is 13.5. The van der Waals surface area contributed by atoms with Crippen molar-refractivity contribution in [3.05, 3.63) is 65.7 Å². The minimum absolute atomic E-state index is 0.0247. The number of hydrogen-bond acceptors (Lipinski definition) is 2. The summed E-state index contributed by atoms with van der Waals surface area (Å²) in [6.45, 7) is 0.851. The first-order valence-electron chi connectivity index (χ1n) is 6.76. The normalized spacial score (nSPS) is 10.1. The van der Waals surface area contributed by atoms with Crippen LogP contribution >= 0.6 is 0 Å². The highest BCUT2D eigenvalue weighted by molar-refractivity contribution is 5.94. The molecule has 20 heavy (non-hydrogen) atoms. The number of carbonyl (C=O) groups excluding carboxylic acids is 1. The second-order valence-corrected chi connectivity index (χ2v) is 4.94. The molecule has 104 valence electrons. The molecule has 0 aliphatic heterocycles. The van der Waals surface area contributed by atoms with Crippen molar-refractivity contribution < 1.29 is 4.79 Å². The Morgan fingerprint density at radius 2 is 1.80 bits per heavy atom. The standard InChI is InChI=1S/C17H20N2O/c1-19(2)17(20)15-9-6-10-16(13-15)18-12-11-14-7-4-3-5-8-14/h3-10,13,18H,11-12H2,1-2H3. The topological polar surface area (TPSA) is 32.3 Å². The van der Waals surface area contributed by atoms with Gasteiger partial charge < -0.3 is 10.2 Å². The van der Waals surface area contributed by atoms with Gasteiger partial charge >= 0.3 is 0 Å². The third-order valence-electron chi connectivity index (χ3n) is 3.10. The van der Waals surface area contributed by atoms with Gasteiger partial charge in [0.05, 0.1) is 0 Å². The summed E-state index contributed by atoms with van der Waals surface area (Å²) in [5.41, 5.74) is 2.99.